The molecule has 0 bridgehead atoms. The Labute approximate surface area is 209 Å². The van der Waals surface area contributed by atoms with Gasteiger partial charge in [-0.15, -0.1) is 0 Å². The van der Waals surface area contributed by atoms with Crippen molar-refractivity contribution in [2.24, 2.45) is 0 Å². The van der Waals surface area contributed by atoms with Crippen LogP contribution in [0.5, 0.6) is 0 Å². The monoisotopic (exact) mass is 474 g/mol. The maximum absolute atomic E-state index is 12.1. The molecule has 0 amide bonds. The van der Waals surface area contributed by atoms with Crippen LogP contribution in [0.3, 0.4) is 0 Å². The van der Waals surface area contributed by atoms with E-state index < -0.39 is 5.97 Å². The quantitative estimate of drug-likeness (QED) is 0.0912. The summed E-state index contributed by atoms with van der Waals surface area (Å²) in [6.45, 7) is 4.21. The smallest absolute Gasteiger partial charge is 0.306 e. The van der Waals surface area contributed by atoms with E-state index in [1.807, 2.05) is 0 Å². The van der Waals surface area contributed by atoms with Crippen molar-refractivity contribution >= 4 is 11.9 Å². The van der Waals surface area contributed by atoms with Crippen LogP contribution in [0.15, 0.2) is 48.6 Å². The number of carboxylic acids is 1. The van der Waals surface area contributed by atoms with Crippen molar-refractivity contribution in [3.63, 3.8) is 0 Å². The van der Waals surface area contributed by atoms with Gasteiger partial charge in [0.25, 0.3) is 0 Å². The summed E-state index contributed by atoms with van der Waals surface area (Å²) in [5.74, 6) is -0.923. The molecule has 0 heterocycles. The fraction of sp³-hybridized carbons (Fsp3) is 0.667. The van der Waals surface area contributed by atoms with Gasteiger partial charge in [0, 0.05) is 12.8 Å². The molecule has 0 fully saturated rings. The van der Waals surface area contributed by atoms with Crippen LogP contribution < -0.4 is 0 Å². The fourth-order valence-electron chi connectivity index (χ4n) is 3.65. The van der Waals surface area contributed by atoms with E-state index >= 15 is 0 Å². The van der Waals surface area contributed by atoms with Gasteiger partial charge >= 0.3 is 11.9 Å². The maximum Gasteiger partial charge on any atom is 0.306 e. The molecular formula is C30H50O4. The molecule has 0 aromatic carbocycles. The van der Waals surface area contributed by atoms with E-state index in [1.165, 1.54) is 25.7 Å². The Morgan fingerprint density at radius 1 is 0.676 bits per heavy atom. The number of ether oxygens (including phenoxy) is 1. The molecule has 1 unspecified atom stereocenters. The third-order valence-corrected chi connectivity index (χ3v) is 5.55. The lowest BCUT2D eigenvalue weighted by molar-refractivity contribution is -0.150. The van der Waals surface area contributed by atoms with Crippen LogP contribution >= 0.6 is 0 Å². The summed E-state index contributed by atoms with van der Waals surface area (Å²) in [6.07, 6.45) is 33.4. The average molecular weight is 475 g/mol. The fourth-order valence-corrected chi connectivity index (χ4v) is 3.65. The maximum atomic E-state index is 12.1. The highest BCUT2D eigenvalue weighted by Crippen LogP contribution is 2.14. The van der Waals surface area contributed by atoms with Crippen LogP contribution in [-0.2, 0) is 14.3 Å². The minimum atomic E-state index is -0.792. The molecule has 0 aliphatic heterocycles. The molecule has 0 radical (unpaired) electrons. The lowest BCUT2D eigenvalue weighted by Gasteiger charge is -2.17. The molecule has 1 atom stereocenters. The number of esters is 1. The molecule has 0 rings (SSSR count). The van der Waals surface area contributed by atoms with E-state index in [9.17, 15) is 9.59 Å². The van der Waals surface area contributed by atoms with Crippen LogP contribution in [0.1, 0.15) is 123 Å². The highest BCUT2D eigenvalue weighted by atomic mass is 16.5. The number of hydrogen-bond donors (Lipinski definition) is 1. The van der Waals surface area contributed by atoms with Gasteiger partial charge in [0.1, 0.15) is 6.10 Å². The van der Waals surface area contributed by atoms with Gasteiger partial charge in [-0.05, 0) is 64.2 Å². The molecule has 0 saturated carbocycles. The van der Waals surface area contributed by atoms with Crippen molar-refractivity contribution in [3.05, 3.63) is 48.6 Å². The first-order chi connectivity index (χ1) is 16.6. The molecular weight excluding hydrogens is 424 g/mol. The Balaban J connectivity index is 3.59. The zero-order chi connectivity index (χ0) is 25.1. The summed E-state index contributed by atoms with van der Waals surface area (Å²) >= 11 is 0. The van der Waals surface area contributed by atoms with Crippen molar-refractivity contribution in [2.45, 2.75) is 129 Å². The van der Waals surface area contributed by atoms with Crippen LogP contribution in [-0.4, -0.2) is 23.1 Å². The number of rotatable bonds is 23. The first kappa shape index (κ1) is 31.9. The van der Waals surface area contributed by atoms with Gasteiger partial charge in [0.2, 0.25) is 0 Å². The van der Waals surface area contributed by atoms with Gasteiger partial charge < -0.3 is 9.84 Å². The number of carbonyl (C=O) groups is 2. The second-order valence-electron chi connectivity index (χ2n) is 8.85. The number of allylic oxidation sites excluding steroid dienone is 8. The van der Waals surface area contributed by atoms with Gasteiger partial charge in [-0.1, -0.05) is 94.6 Å². The standard InChI is InChI=1S/C30H50O4/c1-3-5-6-7-8-9-10-11-12-13-14-15-16-17-18-19-20-21-22-27-30(33)34-28(24-4-2)25-23-26-29(31)32/h5-6,8-9,11-12,14-15,28H,3-4,7,10,13,16-27H2,1-2H3,(H,31,32)/b6-5-,9-8-,12-11-,15-14-. The molecule has 34 heavy (non-hydrogen) atoms. The number of hydrogen-bond acceptors (Lipinski definition) is 3. The van der Waals surface area contributed by atoms with E-state index in [-0.39, 0.29) is 18.5 Å². The van der Waals surface area contributed by atoms with E-state index in [2.05, 4.69) is 62.5 Å². The lowest BCUT2D eigenvalue weighted by atomic mass is 10.1. The van der Waals surface area contributed by atoms with E-state index in [0.717, 1.165) is 57.8 Å². The number of carboxylic acid groups (broad SMARTS) is 1. The minimum absolute atomic E-state index is 0.129. The number of carbonyl (C=O) groups excluding carboxylic acids is 1. The van der Waals surface area contributed by atoms with Crippen molar-refractivity contribution in [1.29, 1.82) is 0 Å². The summed E-state index contributed by atoms with van der Waals surface area (Å²) in [7, 11) is 0. The zero-order valence-electron chi connectivity index (χ0n) is 21.9. The van der Waals surface area contributed by atoms with Crippen LogP contribution in [0.25, 0.3) is 0 Å². The highest BCUT2D eigenvalue weighted by Gasteiger charge is 2.14. The lowest BCUT2D eigenvalue weighted by Crippen LogP contribution is -2.18. The van der Waals surface area contributed by atoms with Crippen molar-refractivity contribution in [2.75, 3.05) is 0 Å². The summed E-state index contributed by atoms with van der Waals surface area (Å²) in [4.78, 5) is 22.7. The Morgan fingerprint density at radius 2 is 1.24 bits per heavy atom. The normalized spacial score (nSPS) is 13.0. The number of unbranched alkanes of at least 4 members (excludes halogenated alkanes) is 6. The summed E-state index contributed by atoms with van der Waals surface area (Å²) < 4.78 is 5.56. The van der Waals surface area contributed by atoms with Crippen LogP contribution in [0.2, 0.25) is 0 Å². The van der Waals surface area contributed by atoms with Gasteiger partial charge in [-0.3, -0.25) is 9.59 Å². The Kier molecular flexibility index (Phi) is 23.9. The number of aliphatic carboxylic acids is 1. The summed E-state index contributed by atoms with van der Waals surface area (Å²) in [6, 6.07) is 0. The molecule has 0 saturated heterocycles. The van der Waals surface area contributed by atoms with Gasteiger partial charge in [-0.2, -0.15) is 0 Å². The molecule has 0 aliphatic carbocycles. The van der Waals surface area contributed by atoms with E-state index in [0.29, 0.717) is 19.3 Å². The summed E-state index contributed by atoms with van der Waals surface area (Å²) in [5.41, 5.74) is 0. The SMILES string of the molecule is CC/C=C\C/C=C\C/C=C\C/C=C\CCCCCCCCC(=O)OC(CCC)CCCC(=O)O. The highest BCUT2D eigenvalue weighted by molar-refractivity contribution is 5.69. The Hall–Kier alpha value is -2.10. The van der Waals surface area contributed by atoms with Crippen LogP contribution in [0.4, 0.5) is 0 Å². The molecule has 4 nitrogen and oxygen atoms in total. The summed E-state index contributed by atoms with van der Waals surface area (Å²) in [5, 5.41) is 8.75. The first-order valence-electron chi connectivity index (χ1n) is 13.6. The average Bonchev–Trinajstić information content (AvgIpc) is 2.80. The molecule has 0 aromatic rings. The van der Waals surface area contributed by atoms with Gasteiger partial charge in [0.15, 0.2) is 0 Å². The minimum Gasteiger partial charge on any atom is -0.481 e. The topological polar surface area (TPSA) is 63.6 Å². The largest absolute Gasteiger partial charge is 0.481 e. The van der Waals surface area contributed by atoms with Crippen LogP contribution in [0, 0.1) is 0 Å². The molecule has 4 heteroatoms. The van der Waals surface area contributed by atoms with Gasteiger partial charge in [0.05, 0.1) is 0 Å². The third kappa shape index (κ3) is 24.5. The first-order valence-corrected chi connectivity index (χ1v) is 13.6. The molecule has 0 spiro atoms. The molecule has 0 aliphatic rings. The van der Waals surface area contributed by atoms with Crippen molar-refractivity contribution in [1.82, 2.24) is 0 Å². The third-order valence-electron chi connectivity index (χ3n) is 5.55. The second-order valence-corrected chi connectivity index (χ2v) is 8.85. The second kappa shape index (κ2) is 25.5. The van der Waals surface area contributed by atoms with Gasteiger partial charge in [-0.25, -0.2) is 0 Å². The molecule has 1 N–H and O–H groups in total. The predicted octanol–water partition coefficient (Wildman–Crippen LogP) is 8.88. The molecule has 0 aromatic heterocycles. The van der Waals surface area contributed by atoms with E-state index in [4.69, 9.17) is 9.84 Å². The predicted molar refractivity (Wildman–Crippen MR) is 144 cm³/mol. The zero-order valence-corrected chi connectivity index (χ0v) is 21.9. The van der Waals surface area contributed by atoms with E-state index in [1.54, 1.807) is 0 Å². The molecule has 194 valence electrons. The Bertz CT molecular complexity index is 601. The van der Waals surface area contributed by atoms with Crippen molar-refractivity contribution < 1.29 is 19.4 Å². The Morgan fingerprint density at radius 3 is 1.82 bits per heavy atom. The van der Waals surface area contributed by atoms with Crippen molar-refractivity contribution in [3.8, 4) is 0 Å².